The van der Waals surface area contributed by atoms with Gasteiger partial charge in [0, 0.05) is 5.69 Å². The fraction of sp³-hybridized carbons (Fsp3) is 0.381. The lowest BCUT2D eigenvalue weighted by Gasteiger charge is -2.20. The van der Waals surface area contributed by atoms with Crippen molar-refractivity contribution < 1.29 is 9.53 Å². The number of rotatable bonds is 4. The molecule has 0 saturated carbocycles. The van der Waals surface area contributed by atoms with Crippen molar-refractivity contribution in [3.05, 3.63) is 59.2 Å². The Morgan fingerprint density at radius 2 is 1.67 bits per heavy atom. The minimum Gasteiger partial charge on any atom is -0.481 e. The third-order valence-corrected chi connectivity index (χ3v) is 4.05. The second kappa shape index (κ2) is 7.08. The molecule has 3 heteroatoms. The Balaban J connectivity index is 2.02. The van der Waals surface area contributed by atoms with Gasteiger partial charge in [-0.15, -0.1) is 0 Å². The predicted octanol–water partition coefficient (Wildman–Crippen LogP) is 5.01. The zero-order valence-electron chi connectivity index (χ0n) is 15.4. The van der Waals surface area contributed by atoms with Crippen LogP contribution < -0.4 is 10.1 Å². The van der Waals surface area contributed by atoms with Crippen molar-refractivity contribution >= 4 is 11.6 Å². The molecular weight excluding hydrogens is 298 g/mol. The summed E-state index contributed by atoms with van der Waals surface area (Å²) in [4.78, 5) is 12.4. The molecule has 0 radical (unpaired) electrons. The number of ether oxygens (including phenoxy) is 1. The highest BCUT2D eigenvalue weighted by Crippen LogP contribution is 2.25. The highest BCUT2D eigenvalue weighted by molar-refractivity contribution is 5.94. The van der Waals surface area contributed by atoms with Crippen LogP contribution in [-0.4, -0.2) is 12.0 Å². The molecule has 0 aliphatic carbocycles. The molecule has 1 N–H and O–H groups in total. The molecule has 0 heterocycles. The van der Waals surface area contributed by atoms with Crippen molar-refractivity contribution in [3.63, 3.8) is 0 Å². The van der Waals surface area contributed by atoms with Crippen LogP contribution >= 0.6 is 0 Å². The monoisotopic (exact) mass is 325 g/mol. The Bertz CT molecular complexity index is 712. The molecule has 24 heavy (non-hydrogen) atoms. The van der Waals surface area contributed by atoms with Crippen molar-refractivity contribution in [3.8, 4) is 5.75 Å². The molecule has 1 unspecified atom stereocenters. The number of benzene rings is 2. The second-order valence-electron chi connectivity index (χ2n) is 7.34. The molecule has 0 saturated heterocycles. The lowest BCUT2D eigenvalue weighted by Crippen LogP contribution is -2.30. The maximum Gasteiger partial charge on any atom is 0.265 e. The second-order valence-corrected chi connectivity index (χ2v) is 7.34. The minimum atomic E-state index is -0.564. The van der Waals surface area contributed by atoms with Crippen LogP contribution in [0, 0.1) is 13.8 Å². The molecule has 0 aliphatic rings. The van der Waals surface area contributed by atoms with E-state index in [0.717, 1.165) is 16.8 Å². The number of nitrogens with one attached hydrogen (secondary N) is 1. The van der Waals surface area contributed by atoms with E-state index in [1.807, 2.05) is 56.3 Å². The maximum atomic E-state index is 12.4. The number of anilines is 1. The van der Waals surface area contributed by atoms with Crippen LogP contribution in [0.15, 0.2) is 42.5 Å². The number of carbonyl (C=O) groups is 1. The molecule has 0 bridgehead atoms. The van der Waals surface area contributed by atoms with Gasteiger partial charge >= 0.3 is 0 Å². The van der Waals surface area contributed by atoms with E-state index in [2.05, 4.69) is 26.1 Å². The van der Waals surface area contributed by atoms with Gasteiger partial charge in [-0.25, -0.2) is 0 Å². The fourth-order valence-corrected chi connectivity index (χ4v) is 2.40. The van der Waals surface area contributed by atoms with E-state index in [-0.39, 0.29) is 11.3 Å². The van der Waals surface area contributed by atoms with E-state index >= 15 is 0 Å². The third kappa shape index (κ3) is 4.60. The van der Waals surface area contributed by atoms with Crippen LogP contribution in [0.25, 0.3) is 0 Å². The van der Waals surface area contributed by atoms with Gasteiger partial charge in [-0.05, 0) is 61.1 Å². The van der Waals surface area contributed by atoms with Crippen molar-refractivity contribution in [1.29, 1.82) is 0 Å². The first kappa shape index (κ1) is 18.1. The summed E-state index contributed by atoms with van der Waals surface area (Å²) in [5.74, 6) is 0.551. The Labute approximate surface area is 145 Å². The summed E-state index contributed by atoms with van der Waals surface area (Å²) in [7, 11) is 0. The highest BCUT2D eigenvalue weighted by Gasteiger charge is 2.17. The van der Waals surface area contributed by atoms with E-state index in [0.29, 0.717) is 5.75 Å². The number of aryl methyl sites for hydroxylation is 2. The highest BCUT2D eigenvalue weighted by atomic mass is 16.5. The first-order valence-electron chi connectivity index (χ1n) is 8.32. The smallest absolute Gasteiger partial charge is 0.265 e. The van der Waals surface area contributed by atoms with E-state index in [4.69, 9.17) is 4.74 Å². The van der Waals surface area contributed by atoms with Crippen LogP contribution in [0.5, 0.6) is 5.75 Å². The molecule has 3 nitrogen and oxygen atoms in total. The van der Waals surface area contributed by atoms with E-state index < -0.39 is 6.10 Å². The Hall–Kier alpha value is -2.29. The average molecular weight is 325 g/mol. The lowest BCUT2D eigenvalue weighted by molar-refractivity contribution is -0.122. The largest absolute Gasteiger partial charge is 0.481 e. The minimum absolute atomic E-state index is 0.101. The molecule has 0 aliphatic heterocycles. The molecule has 128 valence electrons. The van der Waals surface area contributed by atoms with Gasteiger partial charge in [-0.1, -0.05) is 45.0 Å². The van der Waals surface area contributed by atoms with E-state index in [1.54, 1.807) is 6.92 Å². The first-order valence-corrected chi connectivity index (χ1v) is 8.32. The zero-order chi connectivity index (χ0) is 17.9. The summed E-state index contributed by atoms with van der Waals surface area (Å²) in [5.41, 5.74) is 4.32. The van der Waals surface area contributed by atoms with Gasteiger partial charge in [0.15, 0.2) is 6.10 Å². The molecule has 1 atom stereocenters. The quantitative estimate of drug-likeness (QED) is 0.858. The van der Waals surface area contributed by atoms with Gasteiger partial charge < -0.3 is 10.1 Å². The molecule has 2 rings (SSSR count). The number of amides is 1. The topological polar surface area (TPSA) is 38.3 Å². The molecule has 2 aromatic carbocycles. The van der Waals surface area contributed by atoms with Crippen LogP contribution in [0.1, 0.15) is 44.4 Å². The number of hydrogen-bond acceptors (Lipinski definition) is 2. The number of hydrogen-bond donors (Lipinski definition) is 1. The fourth-order valence-electron chi connectivity index (χ4n) is 2.40. The maximum absolute atomic E-state index is 12.4. The van der Waals surface area contributed by atoms with Crippen LogP contribution in [0.3, 0.4) is 0 Å². The predicted molar refractivity (Wildman–Crippen MR) is 99.8 cm³/mol. The lowest BCUT2D eigenvalue weighted by atomic mass is 9.87. The summed E-state index contributed by atoms with van der Waals surface area (Å²) in [6.45, 7) is 12.3. The normalized spacial score (nSPS) is 12.6. The molecule has 0 fully saturated rings. The summed E-state index contributed by atoms with van der Waals surface area (Å²) < 4.78 is 5.77. The van der Waals surface area contributed by atoms with Gasteiger partial charge in [-0.3, -0.25) is 4.79 Å². The zero-order valence-corrected chi connectivity index (χ0v) is 15.4. The van der Waals surface area contributed by atoms with Crippen molar-refractivity contribution in [1.82, 2.24) is 0 Å². The van der Waals surface area contributed by atoms with Gasteiger partial charge in [0.1, 0.15) is 5.75 Å². The standard InChI is InChI=1S/C21H27NO2/c1-14-7-8-15(2)19(13-14)22-20(23)16(3)24-18-11-9-17(10-12-18)21(4,5)6/h7-13,16H,1-6H3,(H,22,23). The van der Waals surface area contributed by atoms with Crippen molar-refractivity contribution in [2.24, 2.45) is 0 Å². The van der Waals surface area contributed by atoms with Crippen LogP contribution in [-0.2, 0) is 10.2 Å². The molecule has 0 aromatic heterocycles. The summed E-state index contributed by atoms with van der Waals surface area (Å²) in [5, 5.41) is 2.94. The van der Waals surface area contributed by atoms with Gasteiger partial charge in [-0.2, -0.15) is 0 Å². The molecular formula is C21H27NO2. The third-order valence-electron chi connectivity index (χ3n) is 4.05. The molecule has 2 aromatic rings. The van der Waals surface area contributed by atoms with Gasteiger partial charge in [0.05, 0.1) is 0 Å². The SMILES string of the molecule is Cc1ccc(C)c(NC(=O)C(C)Oc2ccc(C(C)(C)C)cc2)c1. The van der Waals surface area contributed by atoms with Crippen molar-refractivity contribution in [2.75, 3.05) is 5.32 Å². The van der Waals surface area contributed by atoms with E-state index in [1.165, 1.54) is 5.56 Å². The Morgan fingerprint density at radius 1 is 1.04 bits per heavy atom. The Kier molecular flexibility index (Phi) is 5.33. The van der Waals surface area contributed by atoms with Crippen LogP contribution in [0.4, 0.5) is 5.69 Å². The first-order chi connectivity index (χ1) is 11.2. The van der Waals surface area contributed by atoms with E-state index in [9.17, 15) is 4.79 Å². The number of carbonyl (C=O) groups excluding carboxylic acids is 1. The average Bonchev–Trinajstić information content (AvgIpc) is 2.50. The summed E-state index contributed by atoms with van der Waals surface area (Å²) >= 11 is 0. The summed E-state index contributed by atoms with van der Waals surface area (Å²) in [6.07, 6.45) is -0.564. The molecule has 1 amide bonds. The Morgan fingerprint density at radius 3 is 2.25 bits per heavy atom. The van der Waals surface area contributed by atoms with Crippen LogP contribution in [0.2, 0.25) is 0 Å². The molecule has 0 spiro atoms. The van der Waals surface area contributed by atoms with Gasteiger partial charge in [0.25, 0.3) is 5.91 Å². The van der Waals surface area contributed by atoms with Crippen molar-refractivity contribution in [2.45, 2.75) is 53.1 Å². The summed E-state index contributed by atoms with van der Waals surface area (Å²) in [6, 6.07) is 13.9. The van der Waals surface area contributed by atoms with Gasteiger partial charge in [0.2, 0.25) is 0 Å².